The maximum atomic E-state index is 13.1. The summed E-state index contributed by atoms with van der Waals surface area (Å²) in [5.41, 5.74) is 1.81. The molecule has 0 heterocycles. The average Bonchev–Trinajstić information content (AvgIpc) is 3.49. The van der Waals surface area contributed by atoms with Gasteiger partial charge in [0.05, 0.1) is 19.0 Å². The number of nitriles is 1. The van der Waals surface area contributed by atoms with E-state index < -0.39 is 0 Å². The van der Waals surface area contributed by atoms with E-state index in [1.807, 2.05) is 30.3 Å². The lowest BCUT2D eigenvalue weighted by atomic mass is 10.2. The summed E-state index contributed by atoms with van der Waals surface area (Å²) in [4.78, 5) is 16.8. The van der Waals surface area contributed by atoms with Crippen LogP contribution in [-0.2, 0) is 11.3 Å². The summed E-state index contributed by atoms with van der Waals surface area (Å²) in [6.07, 6.45) is 2.46. The molecule has 2 aromatic rings. The number of benzene rings is 2. The third-order valence-corrected chi connectivity index (χ3v) is 4.52. The maximum absolute atomic E-state index is 13.1. The average molecular weight is 351 g/mol. The largest absolute Gasteiger partial charge is 0.310 e. The van der Waals surface area contributed by atoms with Crippen molar-refractivity contribution in [3.63, 3.8) is 0 Å². The third-order valence-electron chi connectivity index (χ3n) is 4.52. The Morgan fingerprint density at radius 1 is 1.12 bits per heavy atom. The lowest BCUT2D eigenvalue weighted by molar-refractivity contribution is -0.120. The van der Waals surface area contributed by atoms with Crippen molar-refractivity contribution in [2.75, 3.05) is 18.0 Å². The van der Waals surface area contributed by atoms with Crippen LogP contribution in [0, 0.1) is 17.1 Å². The Morgan fingerprint density at radius 3 is 2.42 bits per heavy atom. The number of carbonyl (C=O) groups excluding carboxylic acids is 1. The molecule has 0 N–H and O–H groups in total. The van der Waals surface area contributed by atoms with Crippen LogP contribution in [-0.4, -0.2) is 29.9 Å². The molecule has 134 valence electrons. The molecule has 0 atom stereocenters. The SMILES string of the molecule is N#CCCN(C(=O)CN(Cc1ccc(F)cc1)C1CC1)c1ccccc1. The van der Waals surface area contributed by atoms with E-state index in [4.69, 9.17) is 5.26 Å². The van der Waals surface area contributed by atoms with Crippen LogP contribution in [0.3, 0.4) is 0 Å². The fraction of sp³-hybridized carbons (Fsp3) is 0.333. The first-order valence-corrected chi connectivity index (χ1v) is 8.88. The molecule has 5 heteroatoms. The van der Waals surface area contributed by atoms with Gasteiger partial charge < -0.3 is 4.90 Å². The summed E-state index contributed by atoms with van der Waals surface area (Å²) in [6, 6.07) is 18.4. The van der Waals surface area contributed by atoms with Gasteiger partial charge in [0.2, 0.25) is 5.91 Å². The first-order chi connectivity index (χ1) is 12.7. The highest BCUT2D eigenvalue weighted by molar-refractivity contribution is 5.94. The van der Waals surface area contributed by atoms with Crippen LogP contribution < -0.4 is 4.90 Å². The second-order valence-electron chi connectivity index (χ2n) is 6.55. The minimum atomic E-state index is -0.255. The van der Waals surface area contributed by atoms with Crippen LogP contribution in [0.15, 0.2) is 54.6 Å². The van der Waals surface area contributed by atoms with Crippen molar-refractivity contribution >= 4 is 11.6 Å². The third kappa shape index (κ3) is 4.90. The van der Waals surface area contributed by atoms with Crippen LogP contribution in [0.1, 0.15) is 24.8 Å². The predicted octanol–water partition coefficient (Wildman–Crippen LogP) is 3.74. The maximum Gasteiger partial charge on any atom is 0.241 e. The molecule has 3 rings (SSSR count). The lowest BCUT2D eigenvalue weighted by Crippen LogP contribution is -2.41. The number of nitrogens with zero attached hydrogens (tertiary/aromatic N) is 3. The van der Waals surface area contributed by atoms with E-state index in [9.17, 15) is 9.18 Å². The molecule has 0 aliphatic heterocycles. The summed E-state index contributed by atoms with van der Waals surface area (Å²) in [5, 5.41) is 8.91. The second kappa shape index (κ2) is 8.59. The number of halogens is 1. The molecule has 1 aliphatic rings. The molecule has 26 heavy (non-hydrogen) atoms. The van der Waals surface area contributed by atoms with Crippen molar-refractivity contribution in [3.05, 3.63) is 66.0 Å². The van der Waals surface area contributed by atoms with E-state index in [0.717, 1.165) is 24.1 Å². The summed E-state index contributed by atoms with van der Waals surface area (Å²) >= 11 is 0. The molecule has 4 nitrogen and oxygen atoms in total. The van der Waals surface area contributed by atoms with Gasteiger partial charge in [-0.15, -0.1) is 0 Å². The predicted molar refractivity (Wildman–Crippen MR) is 98.9 cm³/mol. The Kier molecular flexibility index (Phi) is 5.98. The van der Waals surface area contributed by atoms with Gasteiger partial charge in [0.25, 0.3) is 0 Å². The summed E-state index contributed by atoms with van der Waals surface area (Å²) < 4.78 is 13.1. The number of para-hydroxylation sites is 1. The van der Waals surface area contributed by atoms with Crippen molar-refractivity contribution in [2.45, 2.75) is 31.8 Å². The molecule has 0 saturated heterocycles. The van der Waals surface area contributed by atoms with Gasteiger partial charge in [-0.25, -0.2) is 4.39 Å². The van der Waals surface area contributed by atoms with Crippen LogP contribution in [0.4, 0.5) is 10.1 Å². The van der Waals surface area contributed by atoms with E-state index in [1.54, 1.807) is 17.0 Å². The van der Waals surface area contributed by atoms with Gasteiger partial charge in [-0.3, -0.25) is 9.69 Å². The molecule has 1 saturated carbocycles. The van der Waals surface area contributed by atoms with Gasteiger partial charge in [0, 0.05) is 24.8 Å². The zero-order valence-corrected chi connectivity index (χ0v) is 14.6. The van der Waals surface area contributed by atoms with E-state index >= 15 is 0 Å². The van der Waals surface area contributed by atoms with Gasteiger partial charge in [-0.05, 0) is 42.7 Å². The number of carbonyl (C=O) groups is 1. The molecule has 1 amide bonds. The van der Waals surface area contributed by atoms with Crippen molar-refractivity contribution in [2.24, 2.45) is 0 Å². The van der Waals surface area contributed by atoms with Crippen LogP contribution >= 0.6 is 0 Å². The zero-order valence-electron chi connectivity index (χ0n) is 14.6. The molecular formula is C21H22FN3O. The highest BCUT2D eigenvalue weighted by atomic mass is 19.1. The van der Waals surface area contributed by atoms with Crippen LogP contribution in [0.25, 0.3) is 0 Å². The van der Waals surface area contributed by atoms with Crippen LogP contribution in [0.2, 0.25) is 0 Å². The van der Waals surface area contributed by atoms with Crippen molar-refractivity contribution < 1.29 is 9.18 Å². The highest BCUT2D eigenvalue weighted by Crippen LogP contribution is 2.28. The lowest BCUT2D eigenvalue weighted by Gasteiger charge is -2.27. The molecule has 0 spiro atoms. The Balaban J connectivity index is 1.71. The number of rotatable bonds is 8. The summed E-state index contributed by atoms with van der Waals surface area (Å²) in [5.74, 6) is -0.269. The van der Waals surface area contributed by atoms with Crippen molar-refractivity contribution in [1.82, 2.24) is 4.90 Å². The van der Waals surface area contributed by atoms with E-state index in [-0.39, 0.29) is 11.7 Å². The summed E-state index contributed by atoms with van der Waals surface area (Å²) in [6.45, 7) is 1.30. The van der Waals surface area contributed by atoms with E-state index in [1.165, 1.54) is 12.1 Å². The highest BCUT2D eigenvalue weighted by Gasteiger charge is 2.31. The van der Waals surface area contributed by atoms with Crippen molar-refractivity contribution in [3.8, 4) is 6.07 Å². The van der Waals surface area contributed by atoms with Crippen LogP contribution in [0.5, 0.6) is 0 Å². The Hall–Kier alpha value is -2.71. The molecule has 0 radical (unpaired) electrons. The molecule has 1 aliphatic carbocycles. The fourth-order valence-electron chi connectivity index (χ4n) is 3.00. The zero-order chi connectivity index (χ0) is 18.4. The fourth-order valence-corrected chi connectivity index (χ4v) is 3.00. The molecule has 1 fully saturated rings. The van der Waals surface area contributed by atoms with Crippen molar-refractivity contribution in [1.29, 1.82) is 5.26 Å². The smallest absolute Gasteiger partial charge is 0.241 e. The minimum Gasteiger partial charge on any atom is -0.310 e. The number of hydrogen-bond donors (Lipinski definition) is 0. The first-order valence-electron chi connectivity index (χ1n) is 8.88. The minimum absolute atomic E-state index is 0.0135. The summed E-state index contributed by atoms with van der Waals surface area (Å²) in [7, 11) is 0. The number of anilines is 1. The Bertz CT molecular complexity index is 766. The Morgan fingerprint density at radius 2 is 1.81 bits per heavy atom. The first kappa shape index (κ1) is 18.1. The van der Waals surface area contributed by atoms with Gasteiger partial charge in [-0.1, -0.05) is 30.3 Å². The van der Waals surface area contributed by atoms with E-state index in [2.05, 4.69) is 11.0 Å². The monoisotopic (exact) mass is 351 g/mol. The van der Waals surface area contributed by atoms with E-state index in [0.29, 0.717) is 32.1 Å². The quantitative estimate of drug-likeness (QED) is 0.728. The number of hydrogen-bond acceptors (Lipinski definition) is 3. The normalized spacial score (nSPS) is 13.4. The molecule has 0 bridgehead atoms. The molecular weight excluding hydrogens is 329 g/mol. The van der Waals surface area contributed by atoms with Gasteiger partial charge in [0.1, 0.15) is 5.82 Å². The standard InChI is InChI=1S/C21H22FN3O/c22-18-9-7-17(8-10-18)15-24(19-11-12-19)16-21(26)25(14-4-13-23)20-5-2-1-3-6-20/h1-3,5-10,19H,4,11-12,14-16H2. The topological polar surface area (TPSA) is 47.3 Å². The van der Waals surface area contributed by atoms with Gasteiger partial charge in [0.15, 0.2) is 0 Å². The molecule has 2 aromatic carbocycles. The van der Waals surface area contributed by atoms with Gasteiger partial charge >= 0.3 is 0 Å². The Labute approximate surface area is 153 Å². The second-order valence-corrected chi connectivity index (χ2v) is 6.55. The number of amides is 1. The molecule has 0 aromatic heterocycles. The molecule has 0 unspecified atom stereocenters. The van der Waals surface area contributed by atoms with Gasteiger partial charge in [-0.2, -0.15) is 5.26 Å².